The Labute approximate surface area is 101 Å². The summed E-state index contributed by atoms with van der Waals surface area (Å²) in [5.41, 5.74) is 3.85. The molecule has 1 aromatic heterocycles. The van der Waals surface area contributed by atoms with E-state index in [-0.39, 0.29) is 5.75 Å². The first-order valence-electron chi connectivity index (χ1n) is 5.61. The van der Waals surface area contributed by atoms with Gasteiger partial charge in [0.25, 0.3) is 0 Å². The van der Waals surface area contributed by atoms with Crippen LogP contribution >= 0.6 is 0 Å². The second-order valence-corrected chi connectivity index (χ2v) is 4.21. The molecule has 1 aromatic carbocycles. The highest BCUT2D eigenvalue weighted by atomic mass is 16.3. The number of rotatable bonds is 3. The number of benzene rings is 1. The van der Waals surface area contributed by atoms with E-state index < -0.39 is 0 Å². The lowest BCUT2D eigenvalue weighted by Gasteiger charge is -2.04. The molecule has 0 spiro atoms. The number of nitrogens with one attached hydrogen (secondary N) is 1. The zero-order valence-corrected chi connectivity index (χ0v) is 10.4. The maximum atomic E-state index is 9.90. The van der Waals surface area contributed by atoms with Crippen molar-refractivity contribution >= 4 is 0 Å². The van der Waals surface area contributed by atoms with E-state index in [4.69, 9.17) is 0 Å². The highest BCUT2D eigenvalue weighted by Crippen LogP contribution is 2.23. The van der Waals surface area contributed by atoms with Gasteiger partial charge >= 0.3 is 0 Å². The summed E-state index contributed by atoms with van der Waals surface area (Å²) in [6.07, 6.45) is 1.94. The Morgan fingerprint density at radius 3 is 2.76 bits per heavy atom. The van der Waals surface area contributed by atoms with Crippen LogP contribution in [0.3, 0.4) is 0 Å². The minimum atomic E-state index is 0.253. The van der Waals surface area contributed by atoms with Crippen LogP contribution in [0.4, 0.5) is 0 Å². The third-order valence-corrected chi connectivity index (χ3v) is 2.75. The maximum absolute atomic E-state index is 9.90. The first kappa shape index (κ1) is 11.7. The van der Waals surface area contributed by atoms with Crippen molar-refractivity contribution < 1.29 is 5.11 Å². The number of phenols is 1. The largest absolute Gasteiger partial charge is 0.506 e. The van der Waals surface area contributed by atoms with Crippen LogP contribution in [-0.2, 0) is 6.54 Å². The molecule has 0 aliphatic heterocycles. The van der Waals surface area contributed by atoms with E-state index in [2.05, 4.69) is 10.4 Å². The van der Waals surface area contributed by atoms with Gasteiger partial charge in [-0.2, -0.15) is 5.10 Å². The summed E-state index contributed by atoms with van der Waals surface area (Å²) < 4.78 is 1.72. The highest BCUT2D eigenvalue weighted by Gasteiger charge is 2.08. The van der Waals surface area contributed by atoms with Crippen LogP contribution in [0, 0.1) is 13.8 Å². The normalized spacial score (nSPS) is 10.8. The zero-order chi connectivity index (χ0) is 12.4. The molecular weight excluding hydrogens is 214 g/mol. The fraction of sp³-hybridized carbons (Fsp3) is 0.308. The molecular formula is C13H17N3O. The highest BCUT2D eigenvalue weighted by molar-refractivity contribution is 5.47. The molecule has 0 aliphatic rings. The minimum Gasteiger partial charge on any atom is -0.506 e. The third-order valence-electron chi connectivity index (χ3n) is 2.75. The predicted octanol–water partition coefficient (Wildman–Crippen LogP) is 1.91. The van der Waals surface area contributed by atoms with E-state index >= 15 is 0 Å². The monoisotopic (exact) mass is 231 g/mol. The summed E-state index contributed by atoms with van der Waals surface area (Å²) >= 11 is 0. The molecule has 0 saturated heterocycles. The molecule has 0 unspecified atom stereocenters. The minimum absolute atomic E-state index is 0.253. The van der Waals surface area contributed by atoms with E-state index in [1.807, 2.05) is 39.2 Å². The summed E-state index contributed by atoms with van der Waals surface area (Å²) in [5.74, 6) is 0.253. The van der Waals surface area contributed by atoms with Crippen molar-refractivity contribution in [1.82, 2.24) is 15.1 Å². The second-order valence-electron chi connectivity index (χ2n) is 4.21. The number of aryl methyl sites for hydroxylation is 2. The van der Waals surface area contributed by atoms with E-state index in [9.17, 15) is 5.11 Å². The zero-order valence-electron chi connectivity index (χ0n) is 10.4. The van der Waals surface area contributed by atoms with Gasteiger partial charge in [-0.25, -0.2) is 4.68 Å². The van der Waals surface area contributed by atoms with Gasteiger partial charge in [-0.3, -0.25) is 0 Å². The Hall–Kier alpha value is -1.81. The van der Waals surface area contributed by atoms with Gasteiger partial charge in [0.1, 0.15) is 11.4 Å². The fourth-order valence-corrected chi connectivity index (χ4v) is 1.81. The molecule has 0 bridgehead atoms. The van der Waals surface area contributed by atoms with Gasteiger partial charge < -0.3 is 10.4 Å². The van der Waals surface area contributed by atoms with E-state index in [1.165, 1.54) is 0 Å². The average molecular weight is 231 g/mol. The molecule has 2 rings (SSSR count). The number of nitrogens with zero attached hydrogens (tertiary/aromatic N) is 2. The van der Waals surface area contributed by atoms with Gasteiger partial charge in [-0.1, -0.05) is 6.07 Å². The first-order valence-corrected chi connectivity index (χ1v) is 5.61. The fourth-order valence-electron chi connectivity index (χ4n) is 1.81. The number of aromatic nitrogens is 2. The molecule has 0 aliphatic carbocycles. The Bertz CT molecular complexity index is 531. The summed E-state index contributed by atoms with van der Waals surface area (Å²) in [5, 5.41) is 17.4. The molecule has 4 nitrogen and oxygen atoms in total. The van der Waals surface area contributed by atoms with Crippen LogP contribution < -0.4 is 5.32 Å². The van der Waals surface area contributed by atoms with Crippen LogP contribution in [0.15, 0.2) is 24.4 Å². The third kappa shape index (κ3) is 2.31. The van der Waals surface area contributed by atoms with Crippen LogP contribution in [0.1, 0.15) is 16.8 Å². The number of aromatic hydroxyl groups is 1. The van der Waals surface area contributed by atoms with Crippen LogP contribution in [0.2, 0.25) is 0 Å². The smallest absolute Gasteiger partial charge is 0.141 e. The van der Waals surface area contributed by atoms with Crippen molar-refractivity contribution in [2.75, 3.05) is 7.05 Å². The number of phenolic OH excluding ortho intramolecular Hbond substituents is 1. The van der Waals surface area contributed by atoms with E-state index in [0.29, 0.717) is 5.69 Å². The van der Waals surface area contributed by atoms with Crippen LogP contribution in [0.5, 0.6) is 5.75 Å². The molecule has 4 heteroatoms. The molecule has 0 saturated carbocycles. The molecule has 0 atom stereocenters. The Morgan fingerprint density at radius 2 is 2.12 bits per heavy atom. The van der Waals surface area contributed by atoms with Gasteiger partial charge in [0.15, 0.2) is 0 Å². The Morgan fingerprint density at radius 1 is 1.35 bits per heavy atom. The van der Waals surface area contributed by atoms with Gasteiger partial charge in [-0.15, -0.1) is 0 Å². The van der Waals surface area contributed by atoms with E-state index in [1.54, 1.807) is 10.7 Å². The van der Waals surface area contributed by atoms with Crippen molar-refractivity contribution in [1.29, 1.82) is 0 Å². The van der Waals surface area contributed by atoms with Crippen LogP contribution in [-0.4, -0.2) is 21.9 Å². The molecule has 90 valence electrons. The SMILES string of the molecule is CNCc1cn(-c2ccc(C)cc2O)nc1C. The summed E-state index contributed by atoms with van der Waals surface area (Å²) in [4.78, 5) is 0. The standard InChI is InChI=1S/C13H17N3O/c1-9-4-5-12(13(17)6-9)16-8-11(7-14-3)10(2)15-16/h4-6,8,14,17H,7H2,1-3H3. The molecule has 1 heterocycles. The Kier molecular flexibility index (Phi) is 3.15. The molecule has 0 amide bonds. The number of hydrogen-bond acceptors (Lipinski definition) is 3. The quantitative estimate of drug-likeness (QED) is 0.848. The molecule has 0 radical (unpaired) electrons. The van der Waals surface area contributed by atoms with Crippen molar-refractivity contribution in [3.8, 4) is 11.4 Å². The summed E-state index contributed by atoms with van der Waals surface area (Å²) in [6.45, 7) is 4.69. The molecule has 2 N–H and O–H groups in total. The summed E-state index contributed by atoms with van der Waals surface area (Å²) in [6, 6.07) is 5.58. The maximum Gasteiger partial charge on any atom is 0.141 e. The average Bonchev–Trinajstić information content (AvgIpc) is 2.60. The van der Waals surface area contributed by atoms with Gasteiger partial charge in [0.05, 0.1) is 5.69 Å². The van der Waals surface area contributed by atoms with Crippen molar-refractivity contribution in [3.05, 3.63) is 41.2 Å². The van der Waals surface area contributed by atoms with E-state index in [0.717, 1.165) is 23.4 Å². The van der Waals surface area contributed by atoms with Crippen LogP contribution in [0.25, 0.3) is 5.69 Å². The topological polar surface area (TPSA) is 50.1 Å². The Balaban J connectivity index is 2.42. The van der Waals surface area contributed by atoms with Crippen molar-refractivity contribution in [2.45, 2.75) is 20.4 Å². The molecule has 17 heavy (non-hydrogen) atoms. The predicted molar refractivity (Wildman–Crippen MR) is 67.5 cm³/mol. The lowest BCUT2D eigenvalue weighted by atomic mass is 10.2. The summed E-state index contributed by atoms with van der Waals surface area (Å²) in [7, 11) is 1.90. The number of hydrogen-bond donors (Lipinski definition) is 2. The van der Waals surface area contributed by atoms with Crippen molar-refractivity contribution in [3.63, 3.8) is 0 Å². The molecule has 0 fully saturated rings. The van der Waals surface area contributed by atoms with Gasteiger partial charge in [0.2, 0.25) is 0 Å². The van der Waals surface area contributed by atoms with Gasteiger partial charge in [0, 0.05) is 18.3 Å². The first-order chi connectivity index (χ1) is 8.11. The molecule has 2 aromatic rings. The second kappa shape index (κ2) is 4.59. The lowest BCUT2D eigenvalue weighted by Crippen LogP contribution is -2.05. The van der Waals surface area contributed by atoms with Gasteiger partial charge in [-0.05, 0) is 38.6 Å². The lowest BCUT2D eigenvalue weighted by molar-refractivity contribution is 0.470. The van der Waals surface area contributed by atoms with Crippen molar-refractivity contribution in [2.24, 2.45) is 0 Å².